The van der Waals surface area contributed by atoms with Crippen LogP contribution in [0.25, 0.3) is 11.4 Å². The van der Waals surface area contributed by atoms with E-state index < -0.39 is 12.3 Å². The average Bonchev–Trinajstić information content (AvgIpc) is 2.67. The standard InChI is InChI=1S/C19H14F3N3O2/c20-19(21,22)27-16-9-5-4-8-14(16)10-25-18(26)15-11-23-17(24-12-15)13-6-2-1-3-7-13/h1-9,11-12H,10H2,(H,25,26). The first-order valence-corrected chi connectivity index (χ1v) is 7.92. The molecule has 1 aromatic heterocycles. The summed E-state index contributed by atoms with van der Waals surface area (Å²) in [5.41, 5.74) is 1.21. The van der Waals surface area contributed by atoms with Crippen LogP contribution in [-0.4, -0.2) is 22.2 Å². The van der Waals surface area contributed by atoms with Crippen molar-refractivity contribution in [3.05, 3.63) is 78.1 Å². The van der Waals surface area contributed by atoms with E-state index in [9.17, 15) is 18.0 Å². The number of hydrogen-bond acceptors (Lipinski definition) is 4. The number of aromatic nitrogens is 2. The van der Waals surface area contributed by atoms with Crippen molar-refractivity contribution in [1.82, 2.24) is 15.3 Å². The molecule has 0 saturated carbocycles. The topological polar surface area (TPSA) is 64.1 Å². The van der Waals surface area contributed by atoms with Crippen LogP contribution in [0.15, 0.2) is 67.0 Å². The zero-order chi connectivity index (χ0) is 19.3. The Morgan fingerprint density at radius 3 is 2.26 bits per heavy atom. The summed E-state index contributed by atoms with van der Waals surface area (Å²) in [6.07, 6.45) is -2.08. The normalized spacial score (nSPS) is 11.1. The molecule has 2 aromatic carbocycles. The van der Waals surface area contributed by atoms with E-state index in [-0.39, 0.29) is 23.4 Å². The van der Waals surface area contributed by atoms with E-state index in [1.165, 1.54) is 30.6 Å². The second-order valence-electron chi connectivity index (χ2n) is 5.50. The fraction of sp³-hybridized carbons (Fsp3) is 0.105. The molecule has 0 aliphatic carbocycles. The first-order valence-electron chi connectivity index (χ1n) is 7.92. The van der Waals surface area contributed by atoms with Gasteiger partial charge in [0.15, 0.2) is 5.82 Å². The van der Waals surface area contributed by atoms with E-state index in [1.54, 1.807) is 6.07 Å². The Labute approximate surface area is 152 Å². The van der Waals surface area contributed by atoms with Crippen LogP contribution in [0.2, 0.25) is 0 Å². The molecule has 0 saturated heterocycles. The molecule has 3 aromatic rings. The minimum Gasteiger partial charge on any atom is -0.405 e. The highest BCUT2D eigenvalue weighted by molar-refractivity contribution is 5.93. The number of rotatable bonds is 5. The number of benzene rings is 2. The van der Waals surface area contributed by atoms with E-state index in [1.807, 2.05) is 30.3 Å². The second kappa shape index (κ2) is 7.86. The maximum absolute atomic E-state index is 12.4. The molecule has 27 heavy (non-hydrogen) atoms. The highest BCUT2D eigenvalue weighted by Crippen LogP contribution is 2.26. The quantitative estimate of drug-likeness (QED) is 0.735. The Balaban J connectivity index is 1.67. The number of para-hydroxylation sites is 1. The van der Waals surface area contributed by atoms with Gasteiger partial charge in [-0.15, -0.1) is 13.2 Å². The molecule has 0 spiro atoms. The summed E-state index contributed by atoms with van der Waals surface area (Å²) in [5, 5.41) is 2.53. The van der Waals surface area contributed by atoms with Crippen LogP contribution in [0.1, 0.15) is 15.9 Å². The van der Waals surface area contributed by atoms with Crippen LogP contribution in [0.5, 0.6) is 5.75 Å². The van der Waals surface area contributed by atoms with E-state index in [0.717, 1.165) is 5.56 Å². The molecule has 1 amide bonds. The van der Waals surface area contributed by atoms with Crippen LogP contribution < -0.4 is 10.1 Å². The van der Waals surface area contributed by atoms with Crippen molar-refractivity contribution in [3.63, 3.8) is 0 Å². The summed E-state index contributed by atoms with van der Waals surface area (Å²) in [7, 11) is 0. The molecular weight excluding hydrogens is 359 g/mol. The van der Waals surface area contributed by atoms with E-state index in [0.29, 0.717) is 5.82 Å². The third kappa shape index (κ3) is 5.04. The maximum Gasteiger partial charge on any atom is 0.573 e. The summed E-state index contributed by atoms with van der Waals surface area (Å²) < 4.78 is 41.3. The van der Waals surface area contributed by atoms with Gasteiger partial charge in [-0.1, -0.05) is 48.5 Å². The van der Waals surface area contributed by atoms with Crippen LogP contribution in [0.4, 0.5) is 13.2 Å². The predicted molar refractivity (Wildman–Crippen MR) is 91.8 cm³/mol. The van der Waals surface area contributed by atoms with Crippen molar-refractivity contribution >= 4 is 5.91 Å². The summed E-state index contributed by atoms with van der Waals surface area (Å²) in [4.78, 5) is 20.5. The molecule has 3 rings (SSSR count). The number of nitrogens with zero attached hydrogens (tertiary/aromatic N) is 2. The third-order valence-electron chi connectivity index (χ3n) is 3.58. The lowest BCUT2D eigenvalue weighted by Crippen LogP contribution is -2.24. The molecule has 0 bridgehead atoms. The Kier molecular flexibility index (Phi) is 5.35. The highest BCUT2D eigenvalue weighted by Gasteiger charge is 2.32. The van der Waals surface area contributed by atoms with Gasteiger partial charge in [-0.3, -0.25) is 4.79 Å². The number of ether oxygens (including phenoxy) is 1. The second-order valence-corrected chi connectivity index (χ2v) is 5.50. The van der Waals surface area contributed by atoms with Crippen molar-refractivity contribution in [2.75, 3.05) is 0 Å². The van der Waals surface area contributed by atoms with Gasteiger partial charge in [0, 0.05) is 30.1 Å². The summed E-state index contributed by atoms with van der Waals surface area (Å²) in [5.74, 6) is -0.395. The Morgan fingerprint density at radius 2 is 1.59 bits per heavy atom. The minimum atomic E-state index is -4.80. The molecule has 0 fully saturated rings. The lowest BCUT2D eigenvalue weighted by molar-refractivity contribution is -0.274. The van der Waals surface area contributed by atoms with Gasteiger partial charge < -0.3 is 10.1 Å². The molecule has 0 atom stereocenters. The molecule has 138 valence electrons. The highest BCUT2D eigenvalue weighted by atomic mass is 19.4. The number of hydrogen-bond donors (Lipinski definition) is 1. The van der Waals surface area contributed by atoms with E-state index in [2.05, 4.69) is 20.0 Å². The molecule has 0 unspecified atom stereocenters. The average molecular weight is 373 g/mol. The summed E-state index contributed by atoms with van der Waals surface area (Å²) >= 11 is 0. The molecule has 0 aliphatic heterocycles. The molecule has 0 aliphatic rings. The molecule has 1 heterocycles. The van der Waals surface area contributed by atoms with Gasteiger partial charge in [-0.25, -0.2) is 9.97 Å². The van der Waals surface area contributed by atoms with Gasteiger partial charge in [0.25, 0.3) is 5.91 Å². The number of carbonyl (C=O) groups is 1. The lowest BCUT2D eigenvalue weighted by atomic mass is 10.2. The van der Waals surface area contributed by atoms with Gasteiger partial charge in [0.1, 0.15) is 5.75 Å². The monoisotopic (exact) mass is 373 g/mol. The zero-order valence-corrected chi connectivity index (χ0v) is 13.9. The van der Waals surface area contributed by atoms with E-state index in [4.69, 9.17) is 0 Å². The lowest BCUT2D eigenvalue weighted by Gasteiger charge is -2.13. The largest absolute Gasteiger partial charge is 0.573 e. The van der Waals surface area contributed by atoms with Gasteiger partial charge in [0.05, 0.1) is 5.56 Å². The number of carbonyl (C=O) groups excluding carboxylic acids is 1. The molecular formula is C19H14F3N3O2. The Morgan fingerprint density at radius 1 is 0.963 bits per heavy atom. The van der Waals surface area contributed by atoms with Crippen LogP contribution in [0.3, 0.4) is 0 Å². The predicted octanol–water partition coefficient (Wildman–Crippen LogP) is 3.97. The van der Waals surface area contributed by atoms with Crippen LogP contribution in [0, 0.1) is 0 Å². The fourth-order valence-corrected chi connectivity index (χ4v) is 2.33. The number of nitrogens with one attached hydrogen (secondary N) is 1. The van der Waals surface area contributed by atoms with Gasteiger partial charge in [-0.05, 0) is 6.07 Å². The molecule has 5 nitrogen and oxygen atoms in total. The summed E-state index contributed by atoms with van der Waals surface area (Å²) in [6.45, 7) is -0.133. The first kappa shape index (κ1) is 18.4. The van der Waals surface area contributed by atoms with Gasteiger partial charge in [-0.2, -0.15) is 0 Å². The molecule has 0 radical (unpaired) electrons. The van der Waals surface area contributed by atoms with Crippen molar-refractivity contribution in [3.8, 4) is 17.1 Å². The number of alkyl halides is 3. The fourth-order valence-electron chi connectivity index (χ4n) is 2.33. The third-order valence-corrected chi connectivity index (χ3v) is 3.58. The van der Waals surface area contributed by atoms with Crippen molar-refractivity contribution in [2.45, 2.75) is 12.9 Å². The Hall–Kier alpha value is -3.42. The number of halogens is 3. The number of amides is 1. The summed E-state index contributed by atoms with van der Waals surface area (Å²) in [6, 6.07) is 14.8. The van der Waals surface area contributed by atoms with E-state index >= 15 is 0 Å². The van der Waals surface area contributed by atoms with Gasteiger partial charge >= 0.3 is 6.36 Å². The molecule has 1 N–H and O–H groups in total. The maximum atomic E-state index is 12.4. The zero-order valence-electron chi connectivity index (χ0n) is 13.9. The van der Waals surface area contributed by atoms with Crippen molar-refractivity contribution < 1.29 is 22.7 Å². The SMILES string of the molecule is O=C(NCc1ccccc1OC(F)(F)F)c1cnc(-c2ccccc2)nc1. The van der Waals surface area contributed by atoms with Crippen molar-refractivity contribution in [2.24, 2.45) is 0 Å². The smallest absolute Gasteiger partial charge is 0.405 e. The van der Waals surface area contributed by atoms with Crippen LogP contribution in [-0.2, 0) is 6.54 Å². The first-order chi connectivity index (χ1) is 12.9. The van der Waals surface area contributed by atoms with Crippen LogP contribution >= 0.6 is 0 Å². The van der Waals surface area contributed by atoms with Gasteiger partial charge in [0.2, 0.25) is 0 Å². The minimum absolute atomic E-state index is 0.133. The Bertz CT molecular complexity index is 913. The molecule has 8 heteroatoms. The van der Waals surface area contributed by atoms with Crippen molar-refractivity contribution in [1.29, 1.82) is 0 Å².